The molecule has 6 nitrogen and oxygen atoms in total. The van der Waals surface area contributed by atoms with Gasteiger partial charge in [0.2, 0.25) is 0 Å². The lowest BCUT2D eigenvalue weighted by Gasteiger charge is -2.13. The quantitative estimate of drug-likeness (QED) is 0.138. The highest BCUT2D eigenvalue weighted by Gasteiger charge is 2.13. The fourth-order valence-electron chi connectivity index (χ4n) is 4.49. The molecule has 41 heavy (non-hydrogen) atoms. The molecule has 6 rings (SSSR count). The van der Waals surface area contributed by atoms with Crippen molar-refractivity contribution in [3.8, 4) is 17.2 Å². The van der Waals surface area contributed by atoms with Crippen molar-refractivity contribution in [1.82, 2.24) is 20.3 Å². The minimum atomic E-state index is 0.475. The van der Waals surface area contributed by atoms with Gasteiger partial charge in [0.15, 0.2) is 0 Å². The number of thiophene rings is 1. The van der Waals surface area contributed by atoms with Crippen LogP contribution in [0.15, 0.2) is 107 Å². The van der Waals surface area contributed by atoms with Crippen molar-refractivity contribution in [2.24, 2.45) is 0 Å². The molecule has 0 saturated heterocycles. The normalized spacial score (nSPS) is 11.0. The van der Waals surface area contributed by atoms with Crippen LogP contribution in [0.4, 0.5) is 11.4 Å². The van der Waals surface area contributed by atoms with Gasteiger partial charge in [0.1, 0.15) is 11.9 Å². The molecule has 0 atom stereocenters. The number of rotatable bonds is 10. The first-order chi connectivity index (χ1) is 20.2. The van der Waals surface area contributed by atoms with Gasteiger partial charge in [-0.25, -0.2) is 4.98 Å². The molecule has 3 N–H and O–H groups in total. The number of hydrogen-bond acceptors (Lipinski definition) is 7. The topological polar surface area (TPSA) is 89.4 Å². The standard InChI is InChI=1S/C32H25ClN6S2/c33-28-16-24(7-9-30(28)41-25-4-2-1-3-5-25)39-32-23(17-34)18-38-29-15-21(6-8-27(29)32)22-14-26(40-20-22)19-35-11-10-31-36-12-13-37-31/h1-9,12-16,18,20,35H,10-11,19H2,(H,36,37)(H,38,39). The average Bonchev–Trinajstić information content (AvgIpc) is 3.70. The number of hydrogen-bond donors (Lipinski definition) is 3. The van der Waals surface area contributed by atoms with E-state index in [0.717, 1.165) is 68.5 Å². The van der Waals surface area contributed by atoms with Gasteiger partial charge in [-0.05, 0) is 59.0 Å². The second kappa shape index (κ2) is 12.6. The van der Waals surface area contributed by atoms with E-state index in [2.05, 4.69) is 67.4 Å². The van der Waals surface area contributed by atoms with Gasteiger partial charge in [-0.2, -0.15) is 5.26 Å². The Hall–Kier alpha value is -4.13. The number of aromatic amines is 1. The fraction of sp³-hybridized carbons (Fsp3) is 0.0938. The van der Waals surface area contributed by atoms with Gasteiger partial charge in [-0.15, -0.1) is 11.3 Å². The Morgan fingerprint density at radius 1 is 1.00 bits per heavy atom. The molecule has 0 bridgehead atoms. The van der Waals surface area contributed by atoms with E-state index in [1.807, 2.05) is 48.7 Å². The van der Waals surface area contributed by atoms with E-state index >= 15 is 0 Å². The number of nitrogens with one attached hydrogen (secondary N) is 3. The van der Waals surface area contributed by atoms with Gasteiger partial charge in [-0.3, -0.25) is 4.98 Å². The predicted octanol–water partition coefficient (Wildman–Crippen LogP) is 8.44. The maximum atomic E-state index is 9.83. The maximum absolute atomic E-state index is 9.83. The number of imidazole rings is 1. The lowest BCUT2D eigenvalue weighted by molar-refractivity contribution is 0.680. The molecule has 0 amide bonds. The first-order valence-electron chi connectivity index (χ1n) is 13.1. The lowest BCUT2D eigenvalue weighted by atomic mass is 10.0. The van der Waals surface area contributed by atoms with Crippen LogP contribution < -0.4 is 10.6 Å². The van der Waals surface area contributed by atoms with E-state index in [1.165, 1.54) is 4.88 Å². The molecule has 9 heteroatoms. The lowest BCUT2D eigenvalue weighted by Crippen LogP contribution is -2.16. The SMILES string of the molecule is N#Cc1cnc2cc(-c3csc(CNCCc4ncc[nH]4)c3)ccc2c1Nc1ccc(Sc2ccccc2)c(Cl)c1. The zero-order chi connectivity index (χ0) is 28.0. The van der Waals surface area contributed by atoms with Crippen LogP contribution in [0.3, 0.4) is 0 Å². The summed E-state index contributed by atoms with van der Waals surface area (Å²) in [6.07, 6.45) is 6.11. The third kappa shape index (κ3) is 6.45. The van der Waals surface area contributed by atoms with E-state index in [0.29, 0.717) is 10.6 Å². The molecule has 202 valence electrons. The average molecular weight is 593 g/mol. The highest BCUT2D eigenvalue weighted by atomic mass is 35.5. The van der Waals surface area contributed by atoms with Gasteiger partial charge < -0.3 is 15.6 Å². The molecule has 0 fully saturated rings. The number of H-pyrrole nitrogens is 1. The maximum Gasteiger partial charge on any atom is 0.107 e. The zero-order valence-corrected chi connectivity index (χ0v) is 24.3. The molecule has 0 unspecified atom stereocenters. The van der Waals surface area contributed by atoms with Crippen LogP contribution >= 0.6 is 34.7 Å². The van der Waals surface area contributed by atoms with E-state index in [9.17, 15) is 5.26 Å². The molecule has 0 aliphatic carbocycles. The summed E-state index contributed by atoms with van der Waals surface area (Å²) in [5, 5.41) is 20.4. The van der Waals surface area contributed by atoms with Gasteiger partial charge in [-0.1, -0.05) is 53.7 Å². The molecule has 0 aliphatic rings. The van der Waals surface area contributed by atoms with Gasteiger partial charge in [0.05, 0.1) is 21.8 Å². The molecule has 0 radical (unpaired) electrons. The Kier molecular flexibility index (Phi) is 8.31. The molecular weight excluding hydrogens is 568 g/mol. The summed E-state index contributed by atoms with van der Waals surface area (Å²) in [6.45, 7) is 1.67. The van der Waals surface area contributed by atoms with Crippen molar-refractivity contribution in [3.63, 3.8) is 0 Å². The first kappa shape index (κ1) is 27.1. The van der Waals surface area contributed by atoms with Crippen molar-refractivity contribution in [3.05, 3.63) is 118 Å². The van der Waals surface area contributed by atoms with Crippen LogP contribution in [0, 0.1) is 11.3 Å². The Labute approximate surface area is 251 Å². The number of halogens is 1. The molecular formula is C32H25ClN6S2. The third-order valence-electron chi connectivity index (χ3n) is 6.54. The van der Waals surface area contributed by atoms with E-state index in [-0.39, 0.29) is 0 Å². The third-order valence-corrected chi connectivity index (χ3v) is 8.99. The number of nitrogens with zero attached hydrogens (tertiary/aromatic N) is 3. The fourth-order valence-corrected chi connectivity index (χ4v) is 6.49. The van der Waals surface area contributed by atoms with Crippen LogP contribution in [0.1, 0.15) is 16.3 Å². The Balaban J connectivity index is 1.19. The van der Waals surface area contributed by atoms with Crippen LogP contribution in [-0.4, -0.2) is 21.5 Å². The summed E-state index contributed by atoms with van der Waals surface area (Å²) >= 11 is 10.00. The molecule has 3 aromatic carbocycles. The Morgan fingerprint density at radius 3 is 2.71 bits per heavy atom. The first-order valence-corrected chi connectivity index (χ1v) is 15.1. The second-order valence-electron chi connectivity index (χ2n) is 9.34. The van der Waals surface area contributed by atoms with Gasteiger partial charge >= 0.3 is 0 Å². The minimum Gasteiger partial charge on any atom is -0.354 e. The van der Waals surface area contributed by atoms with Crippen molar-refractivity contribution < 1.29 is 0 Å². The molecule has 3 heterocycles. The molecule has 6 aromatic rings. The summed E-state index contributed by atoms with van der Waals surface area (Å²) in [7, 11) is 0. The predicted molar refractivity (Wildman–Crippen MR) is 169 cm³/mol. The summed E-state index contributed by atoms with van der Waals surface area (Å²) in [6, 6.07) is 26.7. The summed E-state index contributed by atoms with van der Waals surface area (Å²) in [4.78, 5) is 15.3. The van der Waals surface area contributed by atoms with Crippen LogP contribution in [0.5, 0.6) is 0 Å². The highest BCUT2D eigenvalue weighted by molar-refractivity contribution is 7.99. The van der Waals surface area contributed by atoms with Gasteiger partial charge in [0, 0.05) is 63.8 Å². The van der Waals surface area contributed by atoms with Crippen LogP contribution in [0.2, 0.25) is 5.02 Å². The highest BCUT2D eigenvalue weighted by Crippen LogP contribution is 2.37. The molecule has 3 aromatic heterocycles. The number of benzene rings is 3. The molecule has 0 spiro atoms. The summed E-state index contributed by atoms with van der Waals surface area (Å²) in [5.41, 5.74) is 5.05. The van der Waals surface area contributed by atoms with Crippen LogP contribution in [0.25, 0.3) is 22.0 Å². The van der Waals surface area contributed by atoms with E-state index in [4.69, 9.17) is 11.6 Å². The second-order valence-corrected chi connectivity index (χ2v) is 11.9. The summed E-state index contributed by atoms with van der Waals surface area (Å²) < 4.78 is 0. The monoisotopic (exact) mass is 592 g/mol. The van der Waals surface area contributed by atoms with E-state index in [1.54, 1.807) is 35.5 Å². The Morgan fingerprint density at radius 2 is 1.90 bits per heavy atom. The Bertz CT molecular complexity index is 1830. The largest absolute Gasteiger partial charge is 0.354 e. The van der Waals surface area contributed by atoms with E-state index < -0.39 is 0 Å². The van der Waals surface area contributed by atoms with Crippen molar-refractivity contribution in [2.75, 3.05) is 11.9 Å². The number of nitriles is 1. The smallest absolute Gasteiger partial charge is 0.107 e. The molecule has 0 aliphatic heterocycles. The minimum absolute atomic E-state index is 0.475. The zero-order valence-electron chi connectivity index (χ0n) is 21.9. The number of anilines is 2. The van der Waals surface area contributed by atoms with Gasteiger partial charge in [0.25, 0.3) is 0 Å². The molecule has 0 saturated carbocycles. The summed E-state index contributed by atoms with van der Waals surface area (Å²) in [5.74, 6) is 0.989. The van der Waals surface area contributed by atoms with Crippen molar-refractivity contribution in [2.45, 2.75) is 22.8 Å². The van der Waals surface area contributed by atoms with Crippen molar-refractivity contribution in [1.29, 1.82) is 5.26 Å². The van der Waals surface area contributed by atoms with Crippen molar-refractivity contribution >= 4 is 57.0 Å². The van der Waals surface area contributed by atoms with Crippen LogP contribution in [-0.2, 0) is 13.0 Å². The number of fused-ring (bicyclic) bond motifs is 1. The number of pyridine rings is 1. The number of aromatic nitrogens is 3.